The number of nitrogens with one attached hydrogen (secondary N) is 1. The van der Waals surface area contributed by atoms with E-state index in [2.05, 4.69) is 26.1 Å². The average molecular weight is 183 g/mol. The lowest BCUT2D eigenvalue weighted by Crippen LogP contribution is -2.54. The van der Waals surface area contributed by atoms with Crippen molar-refractivity contribution in [1.29, 1.82) is 0 Å². The predicted octanol–water partition coefficient (Wildman–Crippen LogP) is 1.54. The van der Waals surface area contributed by atoms with Crippen LogP contribution in [-0.4, -0.2) is 23.3 Å². The second-order valence-electron chi connectivity index (χ2n) is 5.36. The number of fused-ring (bicyclic) bond motifs is 2. The van der Waals surface area contributed by atoms with Gasteiger partial charge in [-0.25, -0.2) is 0 Å². The SMILES string of the molecule is CCN[C@@H]1C(C)(C)[C@@H]2CC[C@@]1(O)C2. The van der Waals surface area contributed by atoms with Crippen LogP contribution in [-0.2, 0) is 0 Å². The Hall–Kier alpha value is -0.0800. The Bertz CT molecular complexity index is 209. The fraction of sp³-hybridized carbons (Fsp3) is 1.00. The highest BCUT2D eigenvalue weighted by atomic mass is 16.3. The van der Waals surface area contributed by atoms with E-state index in [1.54, 1.807) is 0 Å². The number of rotatable bonds is 2. The highest BCUT2D eigenvalue weighted by molar-refractivity contribution is 5.14. The fourth-order valence-electron chi connectivity index (χ4n) is 3.54. The molecule has 76 valence electrons. The van der Waals surface area contributed by atoms with Gasteiger partial charge in [0.15, 0.2) is 0 Å². The van der Waals surface area contributed by atoms with Gasteiger partial charge in [0.25, 0.3) is 0 Å². The molecule has 2 bridgehead atoms. The summed E-state index contributed by atoms with van der Waals surface area (Å²) in [7, 11) is 0. The first-order chi connectivity index (χ1) is 6.00. The van der Waals surface area contributed by atoms with E-state index in [1.165, 1.54) is 6.42 Å². The van der Waals surface area contributed by atoms with Crippen molar-refractivity contribution in [1.82, 2.24) is 5.32 Å². The summed E-state index contributed by atoms with van der Waals surface area (Å²) in [4.78, 5) is 0. The van der Waals surface area contributed by atoms with Crippen molar-refractivity contribution in [3.05, 3.63) is 0 Å². The van der Waals surface area contributed by atoms with Gasteiger partial charge in [0.05, 0.1) is 5.60 Å². The third-order valence-corrected chi connectivity index (χ3v) is 4.27. The highest BCUT2D eigenvalue weighted by Crippen LogP contribution is 2.57. The van der Waals surface area contributed by atoms with E-state index in [9.17, 15) is 5.11 Å². The first-order valence-electron chi connectivity index (χ1n) is 5.46. The summed E-state index contributed by atoms with van der Waals surface area (Å²) in [6.45, 7) is 7.67. The minimum absolute atomic E-state index is 0.281. The minimum atomic E-state index is -0.399. The Kier molecular flexibility index (Phi) is 1.97. The molecule has 0 unspecified atom stereocenters. The monoisotopic (exact) mass is 183 g/mol. The van der Waals surface area contributed by atoms with E-state index in [1.807, 2.05) is 0 Å². The largest absolute Gasteiger partial charge is 0.388 e. The number of hydrogen-bond donors (Lipinski definition) is 2. The van der Waals surface area contributed by atoms with Crippen LogP contribution in [0.3, 0.4) is 0 Å². The molecule has 2 nitrogen and oxygen atoms in total. The van der Waals surface area contributed by atoms with Gasteiger partial charge in [-0.1, -0.05) is 20.8 Å². The van der Waals surface area contributed by atoms with Crippen molar-refractivity contribution >= 4 is 0 Å². The molecule has 2 saturated carbocycles. The Morgan fingerprint density at radius 3 is 2.62 bits per heavy atom. The maximum atomic E-state index is 10.4. The first kappa shape index (κ1) is 9.47. The second-order valence-corrected chi connectivity index (χ2v) is 5.36. The molecule has 0 radical (unpaired) electrons. The lowest BCUT2D eigenvalue weighted by molar-refractivity contribution is -0.0113. The quantitative estimate of drug-likeness (QED) is 0.680. The molecule has 2 aliphatic carbocycles. The van der Waals surface area contributed by atoms with Crippen LogP contribution in [0.5, 0.6) is 0 Å². The molecule has 2 rings (SSSR count). The summed E-state index contributed by atoms with van der Waals surface area (Å²) >= 11 is 0. The van der Waals surface area contributed by atoms with E-state index in [0.29, 0.717) is 6.04 Å². The molecule has 0 heterocycles. The van der Waals surface area contributed by atoms with Gasteiger partial charge in [-0.2, -0.15) is 0 Å². The zero-order valence-corrected chi connectivity index (χ0v) is 8.93. The van der Waals surface area contributed by atoms with Crippen LogP contribution in [0, 0.1) is 11.3 Å². The van der Waals surface area contributed by atoms with Crippen LogP contribution >= 0.6 is 0 Å². The molecule has 0 aliphatic heterocycles. The van der Waals surface area contributed by atoms with E-state index < -0.39 is 5.60 Å². The van der Waals surface area contributed by atoms with Crippen LogP contribution in [0.2, 0.25) is 0 Å². The Balaban J connectivity index is 2.23. The molecule has 2 aliphatic rings. The molecule has 0 aromatic heterocycles. The Labute approximate surface area is 80.7 Å². The highest BCUT2D eigenvalue weighted by Gasteiger charge is 2.60. The van der Waals surface area contributed by atoms with Crippen molar-refractivity contribution in [3.63, 3.8) is 0 Å². The molecule has 0 saturated heterocycles. The molecule has 0 aromatic carbocycles. The fourth-order valence-corrected chi connectivity index (χ4v) is 3.54. The predicted molar refractivity (Wildman–Crippen MR) is 53.5 cm³/mol. The van der Waals surface area contributed by atoms with Gasteiger partial charge in [0, 0.05) is 6.04 Å². The van der Waals surface area contributed by atoms with Gasteiger partial charge in [0.1, 0.15) is 0 Å². The van der Waals surface area contributed by atoms with Crippen molar-refractivity contribution in [3.8, 4) is 0 Å². The molecular formula is C11H21NO. The number of aliphatic hydroxyl groups is 1. The summed E-state index contributed by atoms with van der Waals surface area (Å²) in [5.74, 6) is 0.724. The second kappa shape index (κ2) is 2.71. The molecule has 0 spiro atoms. The molecular weight excluding hydrogens is 162 g/mol. The molecule has 2 heteroatoms. The molecule has 13 heavy (non-hydrogen) atoms. The summed E-state index contributed by atoms with van der Waals surface area (Å²) in [6.07, 6.45) is 3.22. The summed E-state index contributed by atoms with van der Waals surface area (Å²) in [5, 5.41) is 13.9. The smallest absolute Gasteiger partial charge is 0.0808 e. The first-order valence-corrected chi connectivity index (χ1v) is 5.46. The van der Waals surface area contributed by atoms with Crippen LogP contribution in [0.1, 0.15) is 40.0 Å². The van der Waals surface area contributed by atoms with Gasteiger partial charge < -0.3 is 10.4 Å². The summed E-state index contributed by atoms with van der Waals surface area (Å²) in [6, 6.07) is 0.309. The summed E-state index contributed by atoms with van der Waals surface area (Å²) < 4.78 is 0. The van der Waals surface area contributed by atoms with Crippen molar-refractivity contribution in [2.24, 2.45) is 11.3 Å². The van der Waals surface area contributed by atoms with Gasteiger partial charge >= 0.3 is 0 Å². The Morgan fingerprint density at radius 2 is 2.15 bits per heavy atom. The van der Waals surface area contributed by atoms with Crippen LogP contribution in [0.25, 0.3) is 0 Å². The zero-order valence-electron chi connectivity index (χ0n) is 8.93. The lowest BCUT2D eigenvalue weighted by atomic mass is 9.71. The third-order valence-electron chi connectivity index (χ3n) is 4.27. The van der Waals surface area contributed by atoms with Gasteiger partial charge in [-0.3, -0.25) is 0 Å². The lowest BCUT2D eigenvalue weighted by Gasteiger charge is -2.42. The van der Waals surface area contributed by atoms with Gasteiger partial charge in [0.2, 0.25) is 0 Å². The number of likely N-dealkylation sites (N-methyl/N-ethyl adjacent to an activating group) is 1. The van der Waals surface area contributed by atoms with Gasteiger partial charge in [-0.05, 0) is 37.1 Å². The van der Waals surface area contributed by atoms with Crippen molar-refractivity contribution in [2.75, 3.05) is 6.54 Å². The molecule has 3 atom stereocenters. The van der Waals surface area contributed by atoms with Crippen molar-refractivity contribution < 1.29 is 5.11 Å². The zero-order chi connectivity index (χ0) is 9.69. The minimum Gasteiger partial charge on any atom is -0.388 e. The normalized spacial score (nSPS) is 47.1. The molecule has 0 amide bonds. The van der Waals surface area contributed by atoms with Crippen LogP contribution in [0.4, 0.5) is 0 Å². The van der Waals surface area contributed by atoms with Gasteiger partial charge in [-0.15, -0.1) is 0 Å². The molecule has 0 aromatic rings. The third kappa shape index (κ3) is 1.15. The van der Waals surface area contributed by atoms with E-state index in [0.717, 1.165) is 25.3 Å². The van der Waals surface area contributed by atoms with Crippen molar-refractivity contribution in [2.45, 2.75) is 51.7 Å². The molecule has 2 N–H and O–H groups in total. The van der Waals surface area contributed by atoms with Crippen LogP contribution < -0.4 is 5.32 Å². The maximum Gasteiger partial charge on any atom is 0.0808 e. The molecule has 2 fully saturated rings. The van der Waals surface area contributed by atoms with E-state index in [4.69, 9.17) is 0 Å². The standard InChI is InChI=1S/C11H21NO/c1-4-12-9-10(2,3)8-5-6-11(9,13)7-8/h8-9,12-13H,4-7H2,1-3H3/t8-,9-,11-/m1/s1. The van der Waals surface area contributed by atoms with E-state index >= 15 is 0 Å². The summed E-state index contributed by atoms with van der Waals surface area (Å²) in [5.41, 5.74) is -0.118. The Morgan fingerprint density at radius 1 is 1.46 bits per heavy atom. The number of hydrogen-bond acceptors (Lipinski definition) is 2. The maximum absolute atomic E-state index is 10.4. The average Bonchev–Trinajstić information content (AvgIpc) is 2.50. The van der Waals surface area contributed by atoms with E-state index in [-0.39, 0.29) is 5.41 Å². The van der Waals surface area contributed by atoms with Crippen LogP contribution in [0.15, 0.2) is 0 Å². The topological polar surface area (TPSA) is 32.3 Å².